The Hall–Kier alpha value is -4.58. The van der Waals surface area contributed by atoms with Crippen LogP contribution in [-0.4, -0.2) is 96.7 Å². The Morgan fingerprint density at radius 1 is 0.552 bits per heavy atom. The van der Waals surface area contributed by atoms with Crippen LogP contribution in [0.2, 0.25) is 0 Å². The van der Waals surface area contributed by atoms with E-state index in [1.807, 2.05) is 0 Å². The number of carbonyl (C=O) groups is 2. The van der Waals surface area contributed by atoms with E-state index in [0.717, 1.165) is 0 Å². The molecule has 0 saturated heterocycles. The third-order valence-electron chi connectivity index (χ3n) is 9.64. The zero-order valence-corrected chi connectivity index (χ0v) is 34.9. The molecule has 0 spiro atoms. The van der Waals surface area contributed by atoms with Crippen LogP contribution in [0.15, 0.2) is 109 Å². The number of pyridine rings is 2. The van der Waals surface area contributed by atoms with Crippen LogP contribution < -0.4 is 20.1 Å². The topological polar surface area (TPSA) is 217 Å². The first-order valence-electron chi connectivity index (χ1n) is 19.4. The van der Waals surface area contributed by atoms with E-state index in [-0.39, 0.29) is 37.2 Å². The second-order valence-corrected chi connectivity index (χ2v) is 18.8. The Morgan fingerprint density at radius 3 is 1.21 bits per heavy atom. The fourth-order valence-corrected chi connectivity index (χ4v) is 9.05. The van der Waals surface area contributed by atoms with Gasteiger partial charge in [-0.1, -0.05) is 100 Å². The summed E-state index contributed by atoms with van der Waals surface area (Å²) in [5, 5.41) is 29.5. The van der Waals surface area contributed by atoms with Gasteiger partial charge in [-0.3, -0.25) is 19.6 Å². The zero-order valence-electron chi connectivity index (χ0n) is 33.3. The molecule has 0 aliphatic carbocycles. The predicted octanol–water partition coefficient (Wildman–Crippen LogP) is 2.33. The zero-order chi connectivity index (χ0) is 42.3. The average molecular weight is 837 g/mol. The largest absolute Gasteiger partial charge is 0.388 e. The Labute approximate surface area is 342 Å². The Bertz CT molecular complexity index is 1930. The minimum atomic E-state index is -3.97. The summed E-state index contributed by atoms with van der Waals surface area (Å²) in [5.41, 5.74) is 2.57. The molecule has 2 aromatic heterocycles. The Balaban J connectivity index is 1.57. The lowest BCUT2D eigenvalue weighted by Crippen LogP contribution is -2.61. The maximum absolute atomic E-state index is 14.0. The molecule has 16 heteroatoms. The van der Waals surface area contributed by atoms with E-state index in [0.29, 0.717) is 22.5 Å². The van der Waals surface area contributed by atoms with Gasteiger partial charge in [-0.2, -0.15) is 0 Å². The van der Waals surface area contributed by atoms with Gasteiger partial charge in [0.2, 0.25) is 31.9 Å². The fourth-order valence-electron chi connectivity index (χ4n) is 6.33. The van der Waals surface area contributed by atoms with Gasteiger partial charge in [0, 0.05) is 36.6 Å². The van der Waals surface area contributed by atoms with Gasteiger partial charge in [0.15, 0.2) is 0 Å². The smallest absolute Gasteiger partial charge is 0.238 e. The van der Waals surface area contributed by atoms with Gasteiger partial charge >= 0.3 is 0 Å². The highest BCUT2D eigenvalue weighted by Crippen LogP contribution is 2.17. The second-order valence-electron chi connectivity index (χ2n) is 15.0. The molecular weight excluding hydrogens is 781 g/mol. The number of carbonyl (C=O) groups excluding carboxylic acids is 2. The van der Waals surface area contributed by atoms with E-state index in [1.54, 1.807) is 137 Å². The van der Waals surface area contributed by atoms with E-state index in [4.69, 9.17) is 0 Å². The highest BCUT2D eigenvalue weighted by atomic mass is 32.2. The number of hydrogen-bond donors (Lipinski definition) is 6. The average Bonchev–Trinajstić information content (AvgIpc) is 3.21. The maximum Gasteiger partial charge on any atom is 0.238 e. The minimum absolute atomic E-state index is 0.0404. The molecule has 0 fully saturated rings. The van der Waals surface area contributed by atoms with Gasteiger partial charge in [-0.25, -0.2) is 26.3 Å². The number of hydrogen-bond acceptors (Lipinski definition) is 10. The van der Waals surface area contributed by atoms with E-state index in [1.165, 1.54) is 0 Å². The number of sulfonamides is 2. The third kappa shape index (κ3) is 15.0. The Morgan fingerprint density at radius 2 is 0.897 bits per heavy atom. The molecule has 2 heterocycles. The molecule has 14 nitrogen and oxygen atoms in total. The molecule has 4 rings (SSSR count). The first-order chi connectivity index (χ1) is 27.5. The predicted molar refractivity (Wildman–Crippen MR) is 223 cm³/mol. The van der Waals surface area contributed by atoms with Crippen LogP contribution in [0.25, 0.3) is 0 Å². The van der Waals surface area contributed by atoms with Gasteiger partial charge in [-0.15, -0.1) is 0 Å². The lowest BCUT2D eigenvalue weighted by molar-refractivity contribution is -0.129. The van der Waals surface area contributed by atoms with Crippen molar-refractivity contribution in [2.75, 3.05) is 11.5 Å². The molecule has 0 aliphatic rings. The number of benzene rings is 2. The van der Waals surface area contributed by atoms with Crippen molar-refractivity contribution in [3.63, 3.8) is 0 Å². The number of amides is 2. The van der Waals surface area contributed by atoms with Crippen LogP contribution in [0.5, 0.6) is 0 Å². The van der Waals surface area contributed by atoms with Crippen molar-refractivity contribution in [1.29, 1.82) is 0 Å². The van der Waals surface area contributed by atoms with Crippen LogP contribution in [0.3, 0.4) is 0 Å². The molecule has 58 heavy (non-hydrogen) atoms. The summed E-state index contributed by atoms with van der Waals surface area (Å²) >= 11 is 0. The first kappa shape index (κ1) is 46.1. The van der Waals surface area contributed by atoms with Gasteiger partial charge < -0.3 is 20.8 Å². The lowest BCUT2D eigenvalue weighted by Gasteiger charge is -2.35. The number of aryl methyl sites for hydroxylation is 2. The summed E-state index contributed by atoms with van der Waals surface area (Å²) in [4.78, 5) is 36.3. The normalized spacial score (nSPS) is 15.2. The molecule has 0 bridgehead atoms. The van der Waals surface area contributed by atoms with Crippen molar-refractivity contribution in [2.45, 2.75) is 89.8 Å². The maximum atomic E-state index is 14.0. The van der Waals surface area contributed by atoms with E-state index in [2.05, 4.69) is 30.0 Å². The van der Waals surface area contributed by atoms with Crippen LogP contribution in [0, 0.1) is 11.8 Å². The van der Waals surface area contributed by atoms with E-state index < -0.39 is 80.1 Å². The SMILES string of the molecule is CC(C)[C@H](NS(=O)(=O)CCc1ccccn1)C(=O)N[C@@H](Cc1ccccc1)[C@H](O)[C@H](O)[C@H](Cc1ccccc1)NC(=O)[C@H](NS(=O)(=O)CCc1ccccn1)C(C)C. The van der Waals surface area contributed by atoms with Crippen molar-refractivity contribution in [3.8, 4) is 0 Å². The monoisotopic (exact) mass is 836 g/mol. The summed E-state index contributed by atoms with van der Waals surface area (Å²) in [6, 6.07) is 23.5. The fraction of sp³-hybridized carbons (Fsp3) is 0.429. The van der Waals surface area contributed by atoms with Gasteiger partial charge in [0.05, 0.1) is 23.6 Å². The summed E-state index contributed by atoms with van der Waals surface area (Å²) in [6.45, 7) is 6.75. The summed E-state index contributed by atoms with van der Waals surface area (Å²) in [7, 11) is -7.94. The van der Waals surface area contributed by atoms with Crippen LogP contribution >= 0.6 is 0 Å². The highest BCUT2D eigenvalue weighted by Gasteiger charge is 2.38. The molecule has 6 atom stereocenters. The van der Waals surface area contributed by atoms with Crippen molar-refractivity contribution in [1.82, 2.24) is 30.0 Å². The molecule has 0 radical (unpaired) electrons. The van der Waals surface area contributed by atoms with E-state index in [9.17, 15) is 36.6 Å². The van der Waals surface area contributed by atoms with Crippen molar-refractivity contribution >= 4 is 31.9 Å². The standard InChI is InChI=1S/C42H56N6O8S2/c1-29(2)37(47-57(53,54)25-21-33-19-11-13-23-43-33)41(51)45-35(27-31-15-7-5-8-16-31)39(49)40(50)36(28-32-17-9-6-10-18-32)46-42(52)38(30(3)4)48-58(55,56)26-22-34-20-12-14-24-44-34/h5-20,23-24,29-30,35-40,47-50H,21-22,25-28H2,1-4H3,(H,45,51)(H,46,52)/t35-,36-,37-,38+,39-,40+/m0/s1. The van der Waals surface area contributed by atoms with Crippen LogP contribution in [-0.2, 0) is 55.3 Å². The summed E-state index contributed by atoms with van der Waals surface area (Å²) in [6.07, 6.45) is 0.0826. The van der Waals surface area contributed by atoms with Crippen LogP contribution in [0.4, 0.5) is 0 Å². The second kappa shape index (κ2) is 22.0. The number of nitrogens with one attached hydrogen (secondary N) is 4. The number of aliphatic hydroxyl groups excluding tert-OH is 2. The minimum Gasteiger partial charge on any atom is -0.388 e. The lowest BCUT2D eigenvalue weighted by atomic mass is 9.90. The quantitative estimate of drug-likeness (QED) is 0.0641. The molecule has 6 N–H and O–H groups in total. The number of rotatable bonds is 23. The molecule has 0 saturated carbocycles. The molecule has 314 valence electrons. The molecule has 2 aromatic carbocycles. The summed E-state index contributed by atoms with van der Waals surface area (Å²) < 4.78 is 57.8. The summed E-state index contributed by atoms with van der Waals surface area (Å²) in [5.74, 6) is -3.06. The van der Waals surface area contributed by atoms with E-state index >= 15 is 0 Å². The van der Waals surface area contributed by atoms with Crippen molar-refractivity contribution < 1.29 is 36.6 Å². The third-order valence-corrected chi connectivity index (χ3v) is 12.4. The number of aliphatic hydroxyl groups is 2. The Kier molecular flexibility index (Phi) is 17.5. The molecular formula is C42H56N6O8S2. The van der Waals surface area contributed by atoms with Gasteiger partial charge in [0.1, 0.15) is 24.3 Å². The molecule has 0 unspecified atom stereocenters. The molecule has 4 aromatic rings. The molecule has 2 amide bonds. The first-order valence-corrected chi connectivity index (χ1v) is 22.7. The number of nitrogens with zero attached hydrogens (tertiary/aromatic N) is 2. The molecule has 0 aliphatic heterocycles. The van der Waals surface area contributed by atoms with Crippen molar-refractivity contribution in [2.24, 2.45) is 11.8 Å². The number of aromatic nitrogens is 2. The highest BCUT2D eigenvalue weighted by molar-refractivity contribution is 7.89. The van der Waals surface area contributed by atoms with Gasteiger partial charge in [0.25, 0.3) is 0 Å². The van der Waals surface area contributed by atoms with Crippen molar-refractivity contribution in [3.05, 3.63) is 132 Å². The van der Waals surface area contributed by atoms with Crippen LogP contribution in [0.1, 0.15) is 50.2 Å². The van der Waals surface area contributed by atoms with Gasteiger partial charge in [-0.05, 0) is 60.1 Å².